The van der Waals surface area contributed by atoms with E-state index in [4.69, 9.17) is 0 Å². The topological polar surface area (TPSA) is 84.3 Å². The predicted octanol–water partition coefficient (Wildman–Crippen LogP) is 2.38. The van der Waals surface area contributed by atoms with Crippen molar-refractivity contribution in [2.45, 2.75) is 26.6 Å². The molecule has 0 bridgehead atoms. The molecule has 0 atom stereocenters. The van der Waals surface area contributed by atoms with E-state index < -0.39 is 35.8 Å². The Morgan fingerprint density at radius 3 is 2.43 bits per heavy atom. The van der Waals surface area contributed by atoms with Crippen LogP contribution in [0.4, 0.5) is 18.9 Å². The highest BCUT2D eigenvalue weighted by Crippen LogP contribution is 2.32. The van der Waals surface area contributed by atoms with Crippen molar-refractivity contribution in [1.82, 2.24) is 14.5 Å². The van der Waals surface area contributed by atoms with Crippen molar-refractivity contribution in [3.05, 3.63) is 58.3 Å². The van der Waals surface area contributed by atoms with Gasteiger partial charge in [-0.05, 0) is 38.1 Å². The third-order valence-corrected chi connectivity index (χ3v) is 3.94. The van der Waals surface area contributed by atoms with E-state index in [-0.39, 0.29) is 11.3 Å². The second-order valence-electron chi connectivity index (χ2n) is 5.85. The van der Waals surface area contributed by atoms with Crippen molar-refractivity contribution >= 4 is 17.5 Å². The maximum Gasteiger partial charge on any atom is 0.416 e. The number of amides is 2. The summed E-state index contributed by atoms with van der Waals surface area (Å²) in [5.74, 6) is -1.30. The third-order valence-electron chi connectivity index (χ3n) is 3.94. The van der Waals surface area contributed by atoms with Crippen LogP contribution >= 0.6 is 0 Å². The molecule has 0 aliphatic heterocycles. The lowest BCUT2D eigenvalue weighted by Gasteiger charge is -2.20. The fourth-order valence-electron chi connectivity index (χ4n) is 2.54. The molecule has 0 spiro atoms. The van der Waals surface area contributed by atoms with Crippen LogP contribution in [0.5, 0.6) is 0 Å². The number of nitrogens with one attached hydrogen (secondary N) is 1. The second kappa shape index (κ2) is 8.68. The average molecular weight is 396 g/mol. The first-order valence-corrected chi connectivity index (χ1v) is 8.48. The van der Waals surface area contributed by atoms with E-state index >= 15 is 0 Å². The molecule has 10 heteroatoms. The Kier molecular flexibility index (Phi) is 6.55. The average Bonchev–Trinajstić information content (AvgIpc) is 2.63. The van der Waals surface area contributed by atoms with Gasteiger partial charge in [0.1, 0.15) is 6.54 Å². The highest BCUT2D eigenvalue weighted by molar-refractivity contribution is 5.97. The summed E-state index contributed by atoms with van der Waals surface area (Å²) in [6, 6.07) is 4.12. The number of benzene rings is 1. The monoisotopic (exact) mass is 396 g/mol. The SMILES string of the molecule is CCN(CC)C(=O)c1cc(NC(=O)Cn2cccnc2=O)cc(C(F)(F)F)c1. The van der Waals surface area contributed by atoms with E-state index in [0.29, 0.717) is 13.1 Å². The molecule has 28 heavy (non-hydrogen) atoms. The van der Waals surface area contributed by atoms with E-state index in [9.17, 15) is 27.6 Å². The van der Waals surface area contributed by atoms with Crippen molar-refractivity contribution < 1.29 is 22.8 Å². The number of anilines is 1. The van der Waals surface area contributed by atoms with Gasteiger partial charge in [-0.3, -0.25) is 14.2 Å². The fourth-order valence-corrected chi connectivity index (χ4v) is 2.54. The number of aromatic nitrogens is 2. The van der Waals surface area contributed by atoms with Crippen molar-refractivity contribution in [2.24, 2.45) is 0 Å². The number of nitrogens with zero attached hydrogens (tertiary/aromatic N) is 3. The molecular weight excluding hydrogens is 377 g/mol. The van der Waals surface area contributed by atoms with Crippen LogP contribution in [0.2, 0.25) is 0 Å². The first kappa shape index (κ1) is 21.1. The lowest BCUT2D eigenvalue weighted by Crippen LogP contribution is -2.31. The molecule has 150 valence electrons. The molecule has 2 rings (SSSR count). The van der Waals surface area contributed by atoms with E-state index in [2.05, 4.69) is 10.3 Å². The first-order valence-electron chi connectivity index (χ1n) is 8.48. The van der Waals surface area contributed by atoms with Crippen LogP contribution in [-0.2, 0) is 17.5 Å². The molecule has 1 aromatic carbocycles. The number of halogens is 3. The van der Waals surface area contributed by atoms with Gasteiger partial charge >= 0.3 is 11.9 Å². The van der Waals surface area contributed by atoms with E-state index in [0.717, 1.165) is 16.7 Å². The smallest absolute Gasteiger partial charge is 0.339 e. The van der Waals surface area contributed by atoms with Crippen LogP contribution in [0.25, 0.3) is 0 Å². The summed E-state index contributed by atoms with van der Waals surface area (Å²) < 4.78 is 40.7. The molecule has 1 heterocycles. The summed E-state index contributed by atoms with van der Waals surface area (Å²) >= 11 is 0. The minimum Gasteiger partial charge on any atom is -0.339 e. The van der Waals surface area contributed by atoms with Crippen molar-refractivity contribution in [3.63, 3.8) is 0 Å². The lowest BCUT2D eigenvalue weighted by molar-refractivity contribution is -0.137. The van der Waals surface area contributed by atoms with Gasteiger partial charge in [0.05, 0.1) is 5.56 Å². The third kappa shape index (κ3) is 5.18. The Morgan fingerprint density at radius 1 is 1.18 bits per heavy atom. The zero-order valence-corrected chi connectivity index (χ0v) is 15.3. The zero-order chi connectivity index (χ0) is 20.9. The van der Waals surface area contributed by atoms with Crippen molar-refractivity contribution in [1.29, 1.82) is 0 Å². The van der Waals surface area contributed by atoms with Crippen LogP contribution in [0.1, 0.15) is 29.8 Å². The van der Waals surface area contributed by atoms with Gasteiger partial charge in [-0.15, -0.1) is 0 Å². The predicted molar refractivity (Wildman–Crippen MR) is 95.8 cm³/mol. The number of hydrogen-bond acceptors (Lipinski definition) is 4. The number of rotatable bonds is 6. The maximum absolute atomic E-state index is 13.2. The Balaban J connectivity index is 2.33. The Labute approximate surface area is 158 Å². The molecule has 0 aliphatic carbocycles. The largest absolute Gasteiger partial charge is 0.416 e. The summed E-state index contributed by atoms with van der Waals surface area (Å²) in [5.41, 5.74) is -2.10. The molecule has 0 radical (unpaired) electrons. The van der Waals surface area contributed by atoms with E-state index in [1.54, 1.807) is 13.8 Å². The molecule has 0 aliphatic rings. The minimum absolute atomic E-state index is 0.188. The highest BCUT2D eigenvalue weighted by Gasteiger charge is 2.32. The summed E-state index contributed by atoms with van der Waals surface area (Å²) in [4.78, 5) is 41.0. The van der Waals surface area contributed by atoms with Gasteiger partial charge in [0.25, 0.3) is 5.91 Å². The second-order valence-corrected chi connectivity index (χ2v) is 5.85. The minimum atomic E-state index is -4.70. The Morgan fingerprint density at radius 2 is 1.86 bits per heavy atom. The number of carbonyl (C=O) groups excluding carboxylic acids is 2. The van der Waals surface area contributed by atoms with Crippen LogP contribution in [0.15, 0.2) is 41.5 Å². The van der Waals surface area contributed by atoms with Gasteiger partial charge in [0, 0.05) is 36.7 Å². The molecule has 0 saturated carbocycles. The normalized spacial score (nSPS) is 11.2. The highest BCUT2D eigenvalue weighted by atomic mass is 19.4. The fraction of sp³-hybridized carbons (Fsp3) is 0.333. The van der Waals surface area contributed by atoms with Crippen molar-refractivity contribution in [3.8, 4) is 0 Å². The van der Waals surface area contributed by atoms with E-state index in [1.807, 2.05) is 0 Å². The summed E-state index contributed by atoms with van der Waals surface area (Å²) in [7, 11) is 0. The molecule has 0 saturated heterocycles. The molecule has 1 N–H and O–H groups in total. The molecule has 7 nitrogen and oxygen atoms in total. The first-order chi connectivity index (χ1) is 13.2. The zero-order valence-electron chi connectivity index (χ0n) is 15.3. The van der Waals surface area contributed by atoms with Gasteiger partial charge in [-0.1, -0.05) is 0 Å². The quantitative estimate of drug-likeness (QED) is 0.813. The molecule has 0 unspecified atom stereocenters. The number of carbonyl (C=O) groups is 2. The number of hydrogen-bond donors (Lipinski definition) is 1. The standard InChI is InChI=1S/C18H19F3N4O3/c1-3-24(4-2)16(27)12-8-13(18(19,20)21)10-14(9-12)23-15(26)11-25-7-5-6-22-17(25)28/h5-10H,3-4,11H2,1-2H3,(H,23,26). The van der Waals surface area contributed by atoms with Gasteiger partial charge in [0.2, 0.25) is 5.91 Å². The Bertz CT molecular complexity index is 921. The van der Waals surface area contributed by atoms with Crippen LogP contribution in [0, 0.1) is 0 Å². The van der Waals surface area contributed by atoms with Crippen LogP contribution < -0.4 is 11.0 Å². The van der Waals surface area contributed by atoms with Gasteiger partial charge in [0.15, 0.2) is 0 Å². The summed E-state index contributed by atoms with van der Waals surface area (Å²) in [5, 5.41) is 2.30. The lowest BCUT2D eigenvalue weighted by atomic mass is 10.1. The number of alkyl halides is 3. The van der Waals surface area contributed by atoms with Crippen LogP contribution in [0.3, 0.4) is 0 Å². The molecule has 1 aromatic heterocycles. The van der Waals surface area contributed by atoms with E-state index in [1.165, 1.54) is 29.4 Å². The van der Waals surface area contributed by atoms with Gasteiger partial charge in [-0.25, -0.2) is 9.78 Å². The summed E-state index contributed by atoms with van der Waals surface area (Å²) in [6.45, 7) is 3.66. The molecular formula is C18H19F3N4O3. The maximum atomic E-state index is 13.2. The molecule has 0 fully saturated rings. The molecule has 2 amide bonds. The van der Waals surface area contributed by atoms with Crippen LogP contribution in [-0.4, -0.2) is 39.4 Å². The summed E-state index contributed by atoms with van der Waals surface area (Å²) in [6.07, 6.45) is -2.11. The Hall–Kier alpha value is -3.17. The van der Waals surface area contributed by atoms with Crippen molar-refractivity contribution in [2.75, 3.05) is 18.4 Å². The van der Waals surface area contributed by atoms with Gasteiger partial charge in [-0.2, -0.15) is 13.2 Å². The van der Waals surface area contributed by atoms with Gasteiger partial charge < -0.3 is 10.2 Å². The molecule has 2 aromatic rings.